The molecule has 0 atom stereocenters. The fraction of sp³-hybridized carbons (Fsp3) is 0.533. The Kier molecular flexibility index (Phi) is 5.50. The van der Waals surface area contributed by atoms with Crippen molar-refractivity contribution in [1.82, 2.24) is 15.3 Å². The van der Waals surface area contributed by atoms with Gasteiger partial charge in [-0.25, -0.2) is 9.97 Å². The second kappa shape index (κ2) is 6.89. The van der Waals surface area contributed by atoms with Gasteiger partial charge < -0.3 is 5.32 Å². The van der Waals surface area contributed by atoms with Crippen LogP contribution < -0.4 is 5.32 Å². The third-order valence-corrected chi connectivity index (χ3v) is 2.52. The van der Waals surface area contributed by atoms with E-state index in [1.165, 1.54) is 0 Å². The lowest BCUT2D eigenvalue weighted by Gasteiger charge is -2.16. The quantitative estimate of drug-likeness (QED) is 0.663. The van der Waals surface area contributed by atoms with Gasteiger partial charge in [0.1, 0.15) is 5.82 Å². The molecule has 0 unspecified atom stereocenters. The molecule has 0 aliphatic heterocycles. The molecule has 0 fully saturated rings. The first-order valence-corrected chi connectivity index (χ1v) is 6.46. The van der Waals surface area contributed by atoms with Crippen molar-refractivity contribution in [2.75, 3.05) is 6.54 Å². The maximum absolute atomic E-state index is 11.1. The predicted molar refractivity (Wildman–Crippen MR) is 75.5 cm³/mol. The van der Waals surface area contributed by atoms with Crippen LogP contribution in [0.25, 0.3) is 0 Å². The highest BCUT2D eigenvalue weighted by Crippen LogP contribution is 2.17. The zero-order valence-electron chi connectivity index (χ0n) is 12.1. The van der Waals surface area contributed by atoms with Gasteiger partial charge >= 0.3 is 0 Å². The zero-order chi connectivity index (χ0) is 14.3. The molecule has 0 saturated carbocycles. The molecule has 1 aromatic rings. The van der Waals surface area contributed by atoms with E-state index in [1.807, 2.05) is 6.07 Å². The van der Waals surface area contributed by atoms with Crippen LogP contribution in [0.2, 0.25) is 0 Å². The number of carbonyl (C=O) groups is 1. The van der Waals surface area contributed by atoms with Crippen molar-refractivity contribution in [3.05, 3.63) is 23.8 Å². The van der Waals surface area contributed by atoms with E-state index in [-0.39, 0.29) is 11.3 Å². The predicted octanol–water partition coefficient (Wildman–Crippen LogP) is 1.85. The first-order chi connectivity index (χ1) is 8.93. The summed E-state index contributed by atoms with van der Waals surface area (Å²) in [4.78, 5) is 20.0. The van der Waals surface area contributed by atoms with Crippen LogP contribution in [0.1, 0.15) is 45.6 Å². The van der Waals surface area contributed by atoms with Crippen LogP contribution in [0.5, 0.6) is 0 Å². The minimum absolute atomic E-state index is 0.0407. The molecule has 1 rings (SSSR count). The number of aromatic nitrogens is 2. The third kappa shape index (κ3) is 5.52. The molecule has 0 bridgehead atoms. The smallest absolute Gasteiger partial charge is 0.295 e. The Balaban J connectivity index is 2.45. The Labute approximate surface area is 115 Å². The van der Waals surface area contributed by atoms with Gasteiger partial charge in [0.2, 0.25) is 0 Å². The zero-order valence-corrected chi connectivity index (χ0v) is 12.1. The first-order valence-electron chi connectivity index (χ1n) is 6.46. The maximum Gasteiger partial charge on any atom is 0.295 e. The molecule has 4 nitrogen and oxygen atoms in total. The van der Waals surface area contributed by atoms with E-state index in [0.717, 1.165) is 24.4 Å². The van der Waals surface area contributed by atoms with E-state index in [1.54, 1.807) is 13.1 Å². The van der Waals surface area contributed by atoms with E-state index in [2.05, 4.69) is 47.9 Å². The van der Waals surface area contributed by atoms with Crippen molar-refractivity contribution >= 4 is 5.91 Å². The van der Waals surface area contributed by atoms with Crippen LogP contribution in [0.4, 0.5) is 0 Å². The molecule has 1 N–H and O–H groups in total. The lowest BCUT2D eigenvalue weighted by atomic mass is 9.95. The number of rotatable bonds is 4. The Morgan fingerprint density at radius 2 is 2.16 bits per heavy atom. The van der Waals surface area contributed by atoms with E-state index in [0.29, 0.717) is 6.54 Å². The van der Waals surface area contributed by atoms with Crippen LogP contribution in [0, 0.1) is 11.8 Å². The van der Waals surface area contributed by atoms with Crippen molar-refractivity contribution in [3.63, 3.8) is 0 Å². The van der Waals surface area contributed by atoms with Gasteiger partial charge in [-0.15, -0.1) is 0 Å². The number of amides is 1. The highest BCUT2D eigenvalue weighted by atomic mass is 16.1. The van der Waals surface area contributed by atoms with Gasteiger partial charge in [0.05, 0.1) is 0 Å². The molecule has 0 spiro atoms. The molecule has 1 aromatic heterocycles. The summed E-state index contributed by atoms with van der Waals surface area (Å²) < 4.78 is 0. The fourth-order valence-electron chi connectivity index (χ4n) is 1.53. The highest BCUT2D eigenvalue weighted by Gasteiger charge is 2.17. The number of aryl methyl sites for hydroxylation is 1. The highest BCUT2D eigenvalue weighted by molar-refractivity contribution is 5.93. The molecular weight excluding hydrogens is 238 g/mol. The fourth-order valence-corrected chi connectivity index (χ4v) is 1.53. The lowest BCUT2D eigenvalue weighted by molar-refractivity contribution is -0.115. The molecule has 1 heterocycles. The van der Waals surface area contributed by atoms with Crippen molar-refractivity contribution in [2.45, 2.75) is 46.0 Å². The standard InChI is InChI=1S/C15H21N3O/c1-5-7-13(19)16-10-6-8-12-9-11-17-14(18-12)15(2,3)4/h9,11H,6,8,10H2,1-4H3,(H,16,19). The molecule has 102 valence electrons. The van der Waals surface area contributed by atoms with E-state index in [4.69, 9.17) is 0 Å². The van der Waals surface area contributed by atoms with Gasteiger partial charge in [0.15, 0.2) is 0 Å². The SMILES string of the molecule is CC#CC(=O)NCCCc1ccnc(C(C)(C)C)n1. The largest absolute Gasteiger partial charge is 0.345 e. The number of nitrogens with one attached hydrogen (secondary N) is 1. The van der Waals surface area contributed by atoms with Gasteiger partial charge in [-0.2, -0.15) is 0 Å². The lowest BCUT2D eigenvalue weighted by Crippen LogP contribution is -2.23. The summed E-state index contributed by atoms with van der Waals surface area (Å²) in [5.41, 5.74) is 0.969. The molecule has 0 aliphatic carbocycles. The van der Waals surface area contributed by atoms with Crippen molar-refractivity contribution in [1.29, 1.82) is 0 Å². The summed E-state index contributed by atoms with van der Waals surface area (Å²) in [6.45, 7) is 8.54. The summed E-state index contributed by atoms with van der Waals surface area (Å²) >= 11 is 0. The van der Waals surface area contributed by atoms with Gasteiger partial charge in [-0.05, 0) is 31.8 Å². The molecule has 0 saturated heterocycles. The van der Waals surface area contributed by atoms with E-state index >= 15 is 0 Å². The Bertz CT molecular complexity index is 492. The number of hydrogen-bond acceptors (Lipinski definition) is 3. The summed E-state index contributed by atoms with van der Waals surface area (Å²) in [6.07, 6.45) is 3.47. The van der Waals surface area contributed by atoms with Gasteiger partial charge in [0.25, 0.3) is 5.91 Å². The van der Waals surface area contributed by atoms with E-state index in [9.17, 15) is 4.79 Å². The van der Waals surface area contributed by atoms with Crippen molar-refractivity contribution in [2.24, 2.45) is 0 Å². The Morgan fingerprint density at radius 3 is 2.79 bits per heavy atom. The van der Waals surface area contributed by atoms with E-state index < -0.39 is 0 Å². The molecule has 4 heteroatoms. The van der Waals surface area contributed by atoms with Crippen LogP contribution in [0.3, 0.4) is 0 Å². The molecule has 19 heavy (non-hydrogen) atoms. The summed E-state index contributed by atoms with van der Waals surface area (Å²) in [5.74, 6) is 5.65. The first kappa shape index (κ1) is 15.2. The van der Waals surface area contributed by atoms with Crippen LogP contribution >= 0.6 is 0 Å². The van der Waals surface area contributed by atoms with Gasteiger partial charge in [-0.1, -0.05) is 26.7 Å². The van der Waals surface area contributed by atoms with Crippen LogP contribution in [0.15, 0.2) is 12.3 Å². The van der Waals surface area contributed by atoms with Crippen LogP contribution in [-0.2, 0) is 16.6 Å². The second-order valence-corrected chi connectivity index (χ2v) is 5.36. The average molecular weight is 259 g/mol. The van der Waals surface area contributed by atoms with Crippen molar-refractivity contribution in [3.8, 4) is 11.8 Å². The Hall–Kier alpha value is -1.89. The summed E-state index contributed by atoms with van der Waals surface area (Å²) in [5, 5.41) is 2.74. The second-order valence-electron chi connectivity index (χ2n) is 5.36. The molecule has 1 amide bonds. The van der Waals surface area contributed by atoms with Gasteiger partial charge in [-0.3, -0.25) is 4.79 Å². The molecular formula is C15H21N3O. The molecule has 0 radical (unpaired) electrons. The molecule has 0 aromatic carbocycles. The number of hydrogen-bond donors (Lipinski definition) is 1. The minimum Gasteiger partial charge on any atom is -0.345 e. The van der Waals surface area contributed by atoms with Crippen molar-refractivity contribution < 1.29 is 4.79 Å². The average Bonchev–Trinajstić information content (AvgIpc) is 2.34. The summed E-state index contributed by atoms with van der Waals surface area (Å²) in [7, 11) is 0. The summed E-state index contributed by atoms with van der Waals surface area (Å²) in [6, 6.07) is 1.92. The topological polar surface area (TPSA) is 54.9 Å². The third-order valence-electron chi connectivity index (χ3n) is 2.52. The monoisotopic (exact) mass is 259 g/mol. The molecule has 0 aliphatic rings. The maximum atomic E-state index is 11.1. The Morgan fingerprint density at radius 1 is 1.42 bits per heavy atom. The minimum atomic E-state index is -0.222. The number of nitrogens with zero attached hydrogens (tertiary/aromatic N) is 2. The normalized spacial score (nSPS) is 10.5. The number of carbonyl (C=O) groups excluding carboxylic acids is 1. The van der Waals surface area contributed by atoms with Gasteiger partial charge in [0, 0.05) is 23.9 Å². The van der Waals surface area contributed by atoms with Crippen LogP contribution in [-0.4, -0.2) is 22.4 Å².